The number of hydrogen-bond donors (Lipinski definition) is 1. The zero-order chi connectivity index (χ0) is 11.8. The Labute approximate surface area is 93.1 Å². The third kappa shape index (κ3) is 2.05. The van der Waals surface area contributed by atoms with Gasteiger partial charge >= 0.3 is 0 Å². The van der Waals surface area contributed by atoms with Gasteiger partial charge in [-0.15, -0.1) is 0 Å². The fourth-order valence-corrected chi connectivity index (χ4v) is 1.46. The van der Waals surface area contributed by atoms with E-state index in [-0.39, 0.29) is 5.88 Å². The van der Waals surface area contributed by atoms with E-state index in [1.807, 2.05) is 0 Å². The third-order valence-electron chi connectivity index (χ3n) is 2.40. The Morgan fingerprint density at radius 1 is 1.25 bits per heavy atom. The van der Waals surface area contributed by atoms with Gasteiger partial charge in [0.15, 0.2) is 0 Å². The summed E-state index contributed by atoms with van der Waals surface area (Å²) >= 11 is 0. The maximum absolute atomic E-state index is 13.6. The zero-order valence-corrected chi connectivity index (χ0v) is 9.20. The predicted molar refractivity (Wildman–Crippen MR) is 60.5 cm³/mol. The number of hydrogen-bond acceptors (Lipinski definition) is 3. The number of alkyl halides is 1. The predicted octanol–water partition coefficient (Wildman–Crippen LogP) is 3.13. The molecule has 0 atom stereocenters. The van der Waals surface area contributed by atoms with Gasteiger partial charge in [-0.2, -0.15) is 0 Å². The highest BCUT2D eigenvalue weighted by molar-refractivity contribution is 5.61. The number of nitrogens with two attached hydrogens (primary N) is 1. The molecule has 16 heavy (non-hydrogen) atoms. The van der Waals surface area contributed by atoms with Crippen molar-refractivity contribution in [2.75, 3.05) is 5.73 Å². The van der Waals surface area contributed by atoms with Crippen molar-refractivity contribution in [3.8, 4) is 11.3 Å². The molecule has 0 aliphatic carbocycles. The molecule has 0 amide bonds. The van der Waals surface area contributed by atoms with E-state index in [0.29, 0.717) is 11.3 Å². The Bertz CT molecular complexity index is 482. The van der Waals surface area contributed by atoms with Crippen LogP contribution in [0.2, 0.25) is 0 Å². The molecule has 1 aromatic carbocycles. The number of nitrogens with zero attached hydrogens (tertiary/aromatic N) is 1. The second-order valence-electron chi connectivity index (χ2n) is 4.16. The second kappa shape index (κ2) is 3.63. The average Bonchev–Trinajstić information content (AvgIpc) is 2.64. The third-order valence-corrected chi connectivity index (χ3v) is 2.40. The standard InChI is InChI=1S/C12H13FN2O/c1-12(2,13)9-5-3-8(4-6-9)10-7-11(14)16-15-10/h3-7H,14H2,1-2H3. The first kappa shape index (κ1) is 10.7. The van der Waals surface area contributed by atoms with Crippen LogP contribution in [0.15, 0.2) is 34.9 Å². The summed E-state index contributed by atoms with van der Waals surface area (Å²) in [6, 6.07) is 8.71. The van der Waals surface area contributed by atoms with Crippen molar-refractivity contribution in [1.82, 2.24) is 5.16 Å². The maximum Gasteiger partial charge on any atom is 0.222 e. The van der Waals surface area contributed by atoms with Gasteiger partial charge in [-0.1, -0.05) is 29.4 Å². The van der Waals surface area contributed by atoms with E-state index in [2.05, 4.69) is 5.16 Å². The highest BCUT2D eigenvalue weighted by Gasteiger charge is 2.18. The molecule has 0 radical (unpaired) electrons. The lowest BCUT2D eigenvalue weighted by atomic mass is 9.98. The molecule has 84 valence electrons. The van der Waals surface area contributed by atoms with Crippen LogP contribution in [0.3, 0.4) is 0 Å². The number of benzene rings is 1. The largest absolute Gasteiger partial charge is 0.368 e. The van der Waals surface area contributed by atoms with E-state index >= 15 is 0 Å². The van der Waals surface area contributed by atoms with Crippen molar-refractivity contribution >= 4 is 5.88 Å². The first-order valence-electron chi connectivity index (χ1n) is 4.99. The van der Waals surface area contributed by atoms with Gasteiger partial charge < -0.3 is 10.3 Å². The topological polar surface area (TPSA) is 52.0 Å². The van der Waals surface area contributed by atoms with Crippen LogP contribution < -0.4 is 5.73 Å². The Morgan fingerprint density at radius 3 is 2.31 bits per heavy atom. The van der Waals surface area contributed by atoms with Gasteiger partial charge in [0.05, 0.1) is 0 Å². The summed E-state index contributed by atoms with van der Waals surface area (Å²) < 4.78 is 18.4. The molecule has 1 aromatic heterocycles. The van der Waals surface area contributed by atoms with Crippen LogP contribution in [-0.4, -0.2) is 5.16 Å². The molecule has 0 aliphatic rings. The smallest absolute Gasteiger partial charge is 0.222 e. The van der Waals surface area contributed by atoms with Crippen molar-refractivity contribution in [3.63, 3.8) is 0 Å². The summed E-state index contributed by atoms with van der Waals surface area (Å²) in [7, 11) is 0. The fraction of sp³-hybridized carbons (Fsp3) is 0.250. The van der Waals surface area contributed by atoms with E-state index in [4.69, 9.17) is 10.3 Å². The first-order chi connectivity index (χ1) is 7.47. The lowest BCUT2D eigenvalue weighted by Crippen LogP contribution is -2.08. The van der Waals surface area contributed by atoms with Gasteiger partial charge in [0.1, 0.15) is 11.4 Å². The fourth-order valence-electron chi connectivity index (χ4n) is 1.46. The number of rotatable bonds is 2. The number of nitrogen functional groups attached to an aromatic ring is 1. The average molecular weight is 220 g/mol. The highest BCUT2D eigenvalue weighted by Crippen LogP contribution is 2.27. The van der Waals surface area contributed by atoms with Crippen molar-refractivity contribution in [2.45, 2.75) is 19.5 Å². The molecule has 4 heteroatoms. The van der Waals surface area contributed by atoms with Crippen LogP contribution in [0.25, 0.3) is 11.3 Å². The lowest BCUT2D eigenvalue weighted by Gasteiger charge is -2.14. The Hall–Kier alpha value is -1.84. The minimum Gasteiger partial charge on any atom is -0.368 e. The molecule has 2 N–H and O–H groups in total. The number of anilines is 1. The summed E-state index contributed by atoms with van der Waals surface area (Å²) in [4.78, 5) is 0. The van der Waals surface area contributed by atoms with Crippen LogP contribution in [0.4, 0.5) is 10.3 Å². The molecule has 0 saturated carbocycles. The van der Waals surface area contributed by atoms with Gasteiger partial charge in [0, 0.05) is 11.6 Å². The molecule has 0 saturated heterocycles. The molecule has 3 nitrogen and oxygen atoms in total. The monoisotopic (exact) mass is 220 g/mol. The Morgan fingerprint density at radius 2 is 1.88 bits per heavy atom. The van der Waals surface area contributed by atoms with Gasteiger partial charge in [0.2, 0.25) is 5.88 Å². The van der Waals surface area contributed by atoms with E-state index in [0.717, 1.165) is 5.56 Å². The van der Waals surface area contributed by atoms with E-state index in [1.54, 1.807) is 30.3 Å². The van der Waals surface area contributed by atoms with Crippen LogP contribution in [0.1, 0.15) is 19.4 Å². The molecule has 0 unspecified atom stereocenters. The van der Waals surface area contributed by atoms with Crippen molar-refractivity contribution in [1.29, 1.82) is 0 Å². The Balaban J connectivity index is 2.33. The highest BCUT2D eigenvalue weighted by atomic mass is 19.1. The van der Waals surface area contributed by atoms with Crippen LogP contribution in [-0.2, 0) is 5.67 Å². The van der Waals surface area contributed by atoms with E-state index < -0.39 is 5.67 Å². The van der Waals surface area contributed by atoms with Crippen molar-refractivity contribution < 1.29 is 8.91 Å². The van der Waals surface area contributed by atoms with E-state index in [1.165, 1.54) is 13.8 Å². The normalized spacial score (nSPS) is 11.7. The van der Waals surface area contributed by atoms with Crippen molar-refractivity contribution in [2.24, 2.45) is 0 Å². The minimum atomic E-state index is -1.33. The van der Waals surface area contributed by atoms with Crippen LogP contribution in [0, 0.1) is 0 Å². The lowest BCUT2D eigenvalue weighted by molar-refractivity contribution is 0.221. The molecule has 2 aromatic rings. The molecule has 0 aliphatic heterocycles. The van der Waals surface area contributed by atoms with E-state index in [9.17, 15) is 4.39 Å². The summed E-state index contributed by atoms with van der Waals surface area (Å²) in [5.74, 6) is 0.268. The molecule has 1 heterocycles. The van der Waals surface area contributed by atoms with Gasteiger partial charge in [-0.3, -0.25) is 0 Å². The zero-order valence-electron chi connectivity index (χ0n) is 9.20. The molecule has 0 bridgehead atoms. The molecule has 0 fully saturated rings. The molecule has 0 spiro atoms. The summed E-state index contributed by atoms with van der Waals surface area (Å²) in [5, 5.41) is 3.78. The summed E-state index contributed by atoms with van der Waals surface area (Å²) in [6.45, 7) is 3.05. The molecule has 2 rings (SSSR count). The van der Waals surface area contributed by atoms with Gasteiger partial charge in [-0.05, 0) is 19.4 Å². The summed E-state index contributed by atoms with van der Waals surface area (Å²) in [6.07, 6.45) is 0. The molecular formula is C12H13FN2O. The summed E-state index contributed by atoms with van der Waals surface area (Å²) in [5.41, 5.74) is 6.23. The first-order valence-corrected chi connectivity index (χ1v) is 4.99. The Kier molecular flexibility index (Phi) is 2.42. The second-order valence-corrected chi connectivity index (χ2v) is 4.16. The quantitative estimate of drug-likeness (QED) is 0.845. The SMILES string of the molecule is CC(C)(F)c1ccc(-c2cc(N)on2)cc1. The van der Waals surface area contributed by atoms with Gasteiger partial charge in [0.25, 0.3) is 0 Å². The maximum atomic E-state index is 13.6. The molecular weight excluding hydrogens is 207 g/mol. The van der Waals surface area contributed by atoms with Crippen molar-refractivity contribution in [3.05, 3.63) is 35.9 Å². The minimum absolute atomic E-state index is 0.268. The number of aromatic nitrogens is 1. The number of halogens is 1. The van der Waals surface area contributed by atoms with Crippen LogP contribution >= 0.6 is 0 Å². The van der Waals surface area contributed by atoms with Crippen LogP contribution in [0.5, 0.6) is 0 Å². The van der Waals surface area contributed by atoms with Gasteiger partial charge in [-0.25, -0.2) is 4.39 Å².